The monoisotopic (exact) mass is 242 g/mol. The number of rotatable bonds is 5. The molecule has 0 N–H and O–H groups in total. The van der Waals surface area contributed by atoms with Crippen molar-refractivity contribution in [3.05, 3.63) is 0 Å². The highest BCUT2D eigenvalue weighted by Gasteiger charge is 2.41. The molecule has 2 saturated heterocycles. The summed E-state index contributed by atoms with van der Waals surface area (Å²) in [5.41, 5.74) is 0.207. The predicted molar refractivity (Wildman–Crippen MR) is 62.7 cm³/mol. The van der Waals surface area contributed by atoms with Crippen LogP contribution in [0.5, 0.6) is 0 Å². The SMILES string of the molecule is COC(=O)C[C@@H](C)OCC12CCC(CC1)OC2. The molecule has 4 nitrogen and oxygen atoms in total. The van der Waals surface area contributed by atoms with E-state index in [4.69, 9.17) is 9.47 Å². The van der Waals surface area contributed by atoms with Crippen LogP contribution in [0.2, 0.25) is 0 Å². The standard InChI is InChI=1S/C13H22O4/c1-10(7-12(14)15-2)16-8-13-5-3-11(4-6-13)17-9-13/h10-11H,3-9H2,1-2H3/t10-,11?,13?/m1/s1. The van der Waals surface area contributed by atoms with Crippen molar-refractivity contribution in [1.29, 1.82) is 0 Å². The Hall–Kier alpha value is -0.610. The van der Waals surface area contributed by atoms with Gasteiger partial charge in [0.15, 0.2) is 0 Å². The molecule has 0 aromatic rings. The van der Waals surface area contributed by atoms with Crippen molar-refractivity contribution in [1.82, 2.24) is 0 Å². The molecule has 0 aromatic heterocycles. The lowest BCUT2D eigenvalue weighted by atomic mass is 9.72. The van der Waals surface area contributed by atoms with E-state index in [9.17, 15) is 4.79 Å². The van der Waals surface area contributed by atoms with Crippen molar-refractivity contribution in [2.45, 2.75) is 51.2 Å². The van der Waals surface area contributed by atoms with Gasteiger partial charge in [-0.05, 0) is 32.6 Å². The van der Waals surface area contributed by atoms with Crippen LogP contribution in [0.15, 0.2) is 0 Å². The Morgan fingerprint density at radius 2 is 2.18 bits per heavy atom. The average Bonchev–Trinajstić information content (AvgIpc) is 2.38. The van der Waals surface area contributed by atoms with Gasteiger partial charge in [0.2, 0.25) is 0 Å². The highest BCUT2D eigenvalue weighted by Crippen LogP contribution is 2.43. The van der Waals surface area contributed by atoms with Crippen molar-refractivity contribution >= 4 is 5.97 Å². The van der Waals surface area contributed by atoms with E-state index in [0.29, 0.717) is 19.1 Å². The fraction of sp³-hybridized carbons (Fsp3) is 0.923. The van der Waals surface area contributed by atoms with E-state index in [-0.39, 0.29) is 17.5 Å². The summed E-state index contributed by atoms with van der Waals surface area (Å²) in [6.45, 7) is 3.45. The minimum absolute atomic E-state index is 0.0727. The molecule has 4 heteroatoms. The molecule has 2 heterocycles. The fourth-order valence-electron chi connectivity index (χ4n) is 2.69. The number of carbonyl (C=O) groups is 1. The fourth-order valence-corrected chi connectivity index (χ4v) is 2.69. The van der Waals surface area contributed by atoms with Gasteiger partial charge in [0.05, 0.1) is 39.0 Å². The summed E-state index contributed by atoms with van der Waals surface area (Å²) in [5.74, 6) is -0.210. The summed E-state index contributed by atoms with van der Waals surface area (Å²) in [7, 11) is 1.41. The third-order valence-electron chi connectivity index (χ3n) is 3.97. The summed E-state index contributed by atoms with van der Waals surface area (Å²) < 4.78 is 16.2. The first-order chi connectivity index (χ1) is 8.13. The maximum Gasteiger partial charge on any atom is 0.308 e. The van der Waals surface area contributed by atoms with Crippen LogP contribution in [0, 0.1) is 5.41 Å². The molecule has 2 bridgehead atoms. The molecule has 0 aromatic carbocycles. The van der Waals surface area contributed by atoms with E-state index >= 15 is 0 Å². The Balaban J connectivity index is 1.75. The highest BCUT2D eigenvalue weighted by molar-refractivity contribution is 5.69. The summed E-state index contributed by atoms with van der Waals surface area (Å²) >= 11 is 0. The van der Waals surface area contributed by atoms with Gasteiger partial charge >= 0.3 is 5.97 Å². The molecule has 2 aliphatic heterocycles. The van der Waals surface area contributed by atoms with Gasteiger partial charge in [-0.25, -0.2) is 0 Å². The number of ether oxygens (including phenoxy) is 3. The van der Waals surface area contributed by atoms with E-state index in [2.05, 4.69) is 4.74 Å². The first kappa shape index (κ1) is 12.8. The maximum atomic E-state index is 11.1. The first-order valence-electron chi connectivity index (χ1n) is 6.44. The molecule has 1 aliphatic carbocycles. The van der Waals surface area contributed by atoms with Gasteiger partial charge in [0, 0.05) is 5.41 Å². The second-order valence-electron chi connectivity index (χ2n) is 5.41. The third kappa shape index (κ3) is 3.19. The molecule has 1 atom stereocenters. The minimum Gasteiger partial charge on any atom is -0.469 e. The number of methoxy groups -OCH3 is 1. The zero-order valence-corrected chi connectivity index (χ0v) is 10.7. The van der Waals surface area contributed by atoms with Crippen LogP contribution in [-0.2, 0) is 19.0 Å². The second-order valence-corrected chi connectivity index (χ2v) is 5.41. The number of fused-ring (bicyclic) bond motifs is 3. The number of carbonyl (C=O) groups excluding carboxylic acids is 1. The van der Waals surface area contributed by atoms with Crippen molar-refractivity contribution in [2.75, 3.05) is 20.3 Å². The second kappa shape index (κ2) is 5.36. The summed E-state index contributed by atoms with van der Waals surface area (Å²) in [4.78, 5) is 11.1. The molecule has 0 spiro atoms. The molecule has 98 valence electrons. The normalized spacial score (nSPS) is 33.4. The van der Waals surface area contributed by atoms with Crippen molar-refractivity contribution in [3.8, 4) is 0 Å². The zero-order valence-electron chi connectivity index (χ0n) is 10.7. The number of hydrogen-bond acceptors (Lipinski definition) is 4. The Kier molecular flexibility index (Phi) is 4.05. The summed E-state index contributed by atoms with van der Waals surface area (Å²) in [5, 5.41) is 0. The van der Waals surface area contributed by atoms with Crippen molar-refractivity contribution in [2.24, 2.45) is 5.41 Å². The largest absolute Gasteiger partial charge is 0.469 e. The average molecular weight is 242 g/mol. The molecular weight excluding hydrogens is 220 g/mol. The van der Waals surface area contributed by atoms with Gasteiger partial charge in [-0.1, -0.05) is 0 Å². The van der Waals surface area contributed by atoms with Crippen LogP contribution in [0.3, 0.4) is 0 Å². The lowest BCUT2D eigenvalue weighted by Crippen LogP contribution is -2.45. The number of hydrogen-bond donors (Lipinski definition) is 0. The Morgan fingerprint density at radius 3 is 2.71 bits per heavy atom. The summed E-state index contributed by atoms with van der Waals surface area (Å²) in [6.07, 6.45) is 5.46. The zero-order chi connectivity index (χ0) is 12.3. The van der Waals surface area contributed by atoms with Crippen LogP contribution in [0.1, 0.15) is 39.0 Å². The van der Waals surface area contributed by atoms with Gasteiger partial charge in [0.1, 0.15) is 0 Å². The molecular formula is C13H22O4. The molecule has 3 fully saturated rings. The van der Waals surface area contributed by atoms with E-state index in [1.807, 2.05) is 6.92 Å². The van der Waals surface area contributed by atoms with Gasteiger partial charge in [-0.3, -0.25) is 4.79 Å². The minimum atomic E-state index is -0.210. The lowest BCUT2D eigenvalue weighted by molar-refractivity contribution is -0.156. The lowest BCUT2D eigenvalue weighted by Gasteiger charge is -2.46. The highest BCUT2D eigenvalue weighted by atomic mass is 16.5. The Morgan fingerprint density at radius 1 is 1.47 bits per heavy atom. The van der Waals surface area contributed by atoms with Crippen LogP contribution in [0.4, 0.5) is 0 Å². The molecule has 0 amide bonds. The van der Waals surface area contributed by atoms with Gasteiger partial charge < -0.3 is 14.2 Å². The van der Waals surface area contributed by atoms with Crippen molar-refractivity contribution < 1.29 is 19.0 Å². The van der Waals surface area contributed by atoms with Gasteiger partial charge in [0.25, 0.3) is 0 Å². The predicted octanol–water partition coefficient (Wildman–Crippen LogP) is 1.91. The van der Waals surface area contributed by atoms with E-state index in [0.717, 1.165) is 19.4 Å². The molecule has 0 unspecified atom stereocenters. The van der Waals surface area contributed by atoms with Gasteiger partial charge in [-0.2, -0.15) is 0 Å². The topological polar surface area (TPSA) is 44.8 Å². The molecule has 0 radical (unpaired) electrons. The van der Waals surface area contributed by atoms with Crippen LogP contribution in [0.25, 0.3) is 0 Å². The summed E-state index contributed by atoms with van der Waals surface area (Å²) in [6, 6.07) is 0. The van der Waals surface area contributed by atoms with E-state index < -0.39 is 0 Å². The first-order valence-corrected chi connectivity index (χ1v) is 6.44. The Bertz CT molecular complexity index is 255. The molecule has 1 saturated carbocycles. The number of esters is 1. The van der Waals surface area contributed by atoms with Crippen LogP contribution in [-0.4, -0.2) is 38.5 Å². The molecule has 3 rings (SSSR count). The quantitative estimate of drug-likeness (QED) is 0.691. The smallest absolute Gasteiger partial charge is 0.308 e. The third-order valence-corrected chi connectivity index (χ3v) is 3.97. The van der Waals surface area contributed by atoms with Crippen LogP contribution < -0.4 is 0 Å². The Labute approximate surface area is 103 Å². The molecule has 17 heavy (non-hydrogen) atoms. The van der Waals surface area contributed by atoms with Crippen molar-refractivity contribution in [3.63, 3.8) is 0 Å². The maximum absolute atomic E-state index is 11.1. The van der Waals surface area contributed by atoms with E-state index in [1.54, 1.807) is 0 Å². The van der Waals surface area contributed by atoms with E-state index in [1.165, 1.54) is 20.0 Å². The van der Waals surface area contributed by atoms with Crippen LogP contribution >= 0.6 is 0 Å². The molecule has 3 aliphatic rings. The van der Waals surface area contributed by atoms with Gasteiger partial charge in [-0.15, -0.1) is 0 Å².